The van der Waals surface area contributed by atoms with Gasteiger partial charge in [0.15, 0.2) is 11.7 Å². The molecule has 1 atom stereocenters. The van der Waals surface area contributed by atoms with Crippen LogP contribution in [0.3, 0.4) is 0 Å². The van der Waals surface area contributed by atoms with Crippen LogP contribution in [0.1, 0.15) is 13.3 Å². The molecule has 0 aliphatic heterocycles. The minimum absolute atomic E-state index is 0.378. The molecule has 0 aliphatic rings. The quantitative estimate of drug-likeness (QED) is 0.399. The van der Waals surface area contributed by atoms with Crippen LogP contribution in [-0.4, -0.2) is 6.29 Å². The van der Waals surface area contributed by atoms with E-state index in [1.807, 2.05) is 0 Å². The molecule has 0 aromatic carbocycles. The number of aldehydes is 1. The van der Waals surface area contributed by atoms with Gasteiger partial charge >= 0.3 is 0 Å². The fourth-order valence-corrected chi connectivity index (χ4v) is 0.357. The van der Waals surface area contributed by atoms with Crippen LogP contribution >= 0.6 is 0 Å². The van der Waals surface area contributed by atoms with Gasteiger partial charge < -0.3 is 4.79 Å². The van der Waals surface area contributed by atoms with Gasteiger partial charge in [-0.05, 0) is 6.42 Å². The number of nitrogens with zero attached hydrogens (tertiary/aromatic N) is 1. The van der Waals surface area contributed by atoms with Gasteiger partial charge in [-0.2, -0.15) is 5.26 Å². The van der Waals surface area contributed by atoms with E-state index in [0.717, 1.165) is 0 Å². The molecule has 0 amide bonds. The van der Waals surface area contributed by atoms with E-state index >= 15 is 0 Å². The molecule has 0 bridgehead atoms. The Morgan fingerprint density at radius 3 is 2.44 bits per heavy atom. The number of terminal acetylenes is 1. The lowest BCUT2D eigenvalue weighted by molar-refractivity contribution is -0.111. The summed E-state index contributed by atoms with van der Waals surface area (Å²) in [4.78, 5) is 10.2. The highest BCUT2D eigenvalue weighted by Crippen LogP contribution is 2.14. The lowest BCUT2D eigenvalue weighted by Gasteiger charge is -2.06. The van der Waals surface area contributed by atoms with E-state index in [-0.39, 0.29) is 0 Å². The van der Waals surface area contributed by atoms with Crippen LogP contribution in [0.15, 0.2) is 0 Å². The summed E-state index contributed by atoms with van der Waals surface area (Å²) in [6.07, 6.45) is 5.82. The van der Waals surface area contributed by atoms with Crippen molar-refractivity contribution in [2.75, 3.05) is 0 Å². The number of carbonyl (C=O) groups excluding carboxylic acids is 1. The summed E-state index contributed by atoms with van der Waals surface area (Å²) in [6.45, 7) is 1.71. The average Bonchev–Trinajstić information content (AvgIpc) is 1.95. The Morgan fingerprint density at radius 1 is 1.89 bits per heavy atom. The SMILES string of the molecule is C#CC(C#N)(C=O)CC. The minimum atomic E-state index is -1.18. The summed E-state index contributed by atoms with van der Waals surface area (Å²) in [6, 6.07) is 1.76. The van der Waals surface area contributed by atoms with Gasteiger partial charge in [0.25, 0.3) is 0 Å². The summed E-state index contributed by atoms with van der Waals surface area (Å²) in [5.41, 5.74) is -1.18. The number of hydrogen-bond acceptors (Lipinski definition) is 2. The Morgan fingerprint density at radius 2 is 2.44 bits per heavy atom. The van der Waals surface area contributed by atoms with Crippen molar-refractivity contribution < 1.29 is 4.79 Å². The van der Waals surface area contributed by atoms with Gasteiger partial charge in [0.1, 0.15) is 0 Å². The Kier molecular flexibility index (Phi) is 2.48. The molecular formula is C7H7NO. The number of carbonyl (C=O) groups is 1. The first-order chi connectivity index (χ1) is 4.24. The average molecular weight is 121 g/mol. The highest BCUT2D eigenvalue weighted by molar-refractivity contribution is 5.69. The van der Waals surface area contributed by atoms with Crippen LogP contribution in [0.5, 0.6) is 0 Å². The largest absolute Gasteiger partial charge is 0.300 e. The smallest absolute Gasteiger partial charge is 0.172 e. The monoisotopic (exact) mass is 121 g/mol. The fraction of sp³-hybridized carbons (Fsp3) is 0.429. The zero-order valence-electron chi connectivity index (χ0n) is 5.22. The number of rotatable bonds is 2. The van der Waals surface area contributed by atoms with Crippen LogP contribution in [0, 0.1) is 29.1 Å². The first kappa shape index (κ1) is 7.72. The van der Waals surface area contributed by atoms with Crippen molar-refractivity contribution in [2.24, 2.45) is 5.41 Å². The molecule has 9 heavy (non-hydrogen) atoms. The van der Waals surface area contributed by atoms with Gasteiger partial charge in [-0.1, -0.05) is 12.8 Å². The predicted molar refractivity (Wildman–Crippen MR) is 33.2 cm³/mol. The van der Waals surface area contributed by atoms with E-state index < -0.39 is 5.41 Å². The van der Waals surface area contributed by atoms with E-state index in [1.165, 1.54) is 0 Å². The van der Waals surface area contributed by atoms with Crippen molar-refractivity contribution in [3.8, 4) is 18.4 Å². The van der Waals surface area contributed by atoms with Crippen molar-refractivity contribution in [2.45, 2.75) is 13.3 Å². The van der Waals surface area contributed by atoms with E-state index in [0.29, 0.717) is 12.7 Å². The maximum Gasteiger partial charge on any atom is 0.172 e. The van der Waals surface area contributed by atoms with Gasteiger partial charge in [0.05, 0.1) is 6.07 Å². The molecule has 0 rings (SSSR count). The lowest BCUT2D eigenvalue weighted by atomic mass is 9.90. The van der Waals surface area contributed by atoms with Crippen LogP contribution in [0.4, 0.5) is 0 Å². The highest BCUT2D eigenvalue weighted by Gasteiger charge is 2.23. The Labute approximate surface area is 54.5 Å². The van der Waals surface area contributed by atoms with Crippen molar-refractivity contribution in [1.82, 2.24) is 0 Å². The van der Waals surface area contributed by atoms with E-state index in [2.05, 4.69) is 5.92 Å². The van der Waals surface area contributed by atoms with Gasteiger partial charge in [-0.15, -0.1) is 6.42 Å². The zero-order chi connectivity index (χ0) is 7.33. The third-order valence-electron chi connectivity index (χ3n) is 1.22. The van der Waals surface area contributed by atoms with Crippen molar-refractivity contribution in [1.29, 1.82) is 5.26 Å². The first-order valence-electron chi connectivity index (χ1n) is 2.60. The molecule has 0 aromatic heterocycles. The third-order valence-corrected chi connectivity index (χ3v) is 1.22. The standard InChI is InChI=1S/C7H7NO/c1-3-7(4-2,5-8)6-9/h1,6H,4H2,2H3. The molecule has 1 unspecified atom stereocenters. The Balaban J connectivity index is 4.47. The number of nitriles is 1. The summed E-state index contributed by atoms with van der Waals surface area (Å²) in [5.74, 6) is 2.14. The third kappa shape index (κ3) is 1.30. The van der Waals surface area contributed by atoms with Crippen molar-refractivity contribution in [3.05, 3.63) is 0 Å². The molecule has 0 aromatic rings. The number of hydrogen-bond donors (Lipinski definition) is 0. The topological polar surface area (TPSA) is 40.9 Å². The maximum absolute atomic E-state index is 10.2. The second-order valence-electron chi connectivity index (χ2n) is 1.70. The molecule has 0 aliphatic carbocycles. The Bertz CT molecular complexity index is 168. The van der Waals surface area contributed by atoms with E-state index in [4.69, 9.17) is 11.7 Å². The van der Waals surface area contributed by atoms with Crippen LogP contribution < -0.4 is 0 Å². The van der Waals surface area contributed by atoms with Gasteiger partial charge in [0, 0.05) is 0 Å². The summed E-state index contributed by atoms with van der Waals surface area (Å²) in [7, 11) is 0. The summed E-state index contributed by atoms with van der Waals surface area (Å²) >= 11 is 0. The first-order valence-corrected chi connectivity index (χ1v) is 2.60. The fourth-order valence-electron chi connectivity index (χ4n) is 0.357. The highest BCUT2D eigenvalue weighted by atomic mass is 16.1. The molecule has 0 N–H and O–H groups in total. The zero-order valence-corrected chi connectivity index (χ0v) is 5.22. The van der Waals surface area contributed by atoms with E-state index in [1.54, 1.807) is 13.0 Å². The molecule has 0 spiro atoms. The summed E-state index contributed by atoms with van der Waals surface area (Å²) < 4.78 is 0. The maximum atomic E-state index is 10.2. The molecule has 2 heteroatoms. The second kappa shape index (κ2) is 2.89. The van der Waals surface area contributed by atoms with Crippen molar-refractivity contribution >= 4 is 6.29 Å². The molecule has 0 fully saturated rings. The van der Waals surface area contributed by atoms with Gasteiger partial charge in [-0.3, -0.25) is 0 Å². The Hall–Kier alpha value is -1.28. The molecular weight excluding hydrogens is 114 g/mol. The molecule has 2 nitrogen and oxygen atoms in total. The molecule has 0 saturated carbocycles. The molecule has 0 heterocycles. The minimum Gasteiger partial charge on any atom is -0.300 e. The van der Waals surface area contributed by atoms with Crippen LogP contribution in [0.2, 0.25) is 0 Å². The second-order valence-corrected chi connectivity index (χ2v) is 1.70. The normalized spacial score (nSPS) is 14.6. The summed E-state index contributed by atoms with van der Waals surface area (Å²) in [5, 5.41) is 8.35. The molecule has 46 valence electrons. The van der Waals surface area contributed by atoms with Crippen LogP contribution in [0.25, 0.3) is 0 Å². The van der Waals surface area contributed by atoms with Crippen LogP contribution in [-0.2, 0) is 4.79 Å². The molecule has 0 radical (unpaired) electrons. The van der Waals surface area contributed by atoms with Gasteiger partial charge in [-0.25, -0.2) is 0 Å². The lowest BCUT2D eigenvalue weighted by Crippen LogP contribution is -2.15. The van der Waals surface area contributed by atoms with Crippen molar-refractivity contribution in [3.63, 3.8) is 0 Å². The van der Waals surface area contributed by atoms with Gasteiger partial charge in [0.2, 0.25) is 0 Å². The van der Waals surface area contributed by atoms with E-state index in [9.17, 15) is 4.79 Å². The predicted octanol–water partition coefficient (Wildman–Crippen LogP) is 0.738. The molecule has 0 saturated heterocycles.